The van der Waals surface area contributed by atoms with Crippen molar-refractivity contribution in [2.45, 2.75) is 32.1 Å². The van der Waals surface area contributed by atoms with Crippen LogP contribution in [0.5, 0.6) is 0 Å². The maximum atomic E-state index is 10.4. The summed E-state index contributed by atoms with van der Waals surface area (Å²) in [6.45, 7) is 4.32. The number of hydrogen-bond donors (Lipinski definition) is 0. The van der Waals surface area contributed by atoms with Crippen molar-refractivity contribution in [2.75, 3.05) is 0 Å². The molecule has 0 saturated heterocycles. The van der Waals surface area contributed by atoms with Crippen LogP contribution in [0.1, 0.15) is 26.7 Å². The van der Waals surface area contributed by atoms with Gasteiger partial charge >= 0.3 is 0 Å². The molecule has 1 nitrogen and oxygen atoms in total. The summed E-state index contributed by atoms with van der Waals surface area (Å²) in [5.74, 6) is 0.0941. The van der Waals surface area contributed by atoms with Crippen LogP contribution in [-0.2, 0) is 4.79 Å². The second-order valence-electron chi connectivity index (χ2n) is 3.89. The molecule has 0 aromatic carbocycles. The van der Waals surface area contributed by atoms with E-state index in [4.69, 9.17) is 11.6 Å². The van der Waals surface area contributed by atoms with Crippen LogP contribution in [0.3, 0.4) is 0 Å². The molecule has 0 N–H and O–H groups in total. The Bertz CT molecular complexity index is 142. The minimum absolute atomic E-state index is 0.0764. The largest absolute Gasteiger partial charge is 0.303 e. The first-order valence-electron chi connectivity index (χ1n) is 3.64. The van der Waals surface area contributed by atoms with Crippen molar-refractivity contribution in [1.82, 2.24) is 0 Å². The molecule has 1 saturated carbocycles. The van der Waals surface area contributed by atoms with E-state index in [2.05, 4.69) is 13.8 Å². The highest BCUT2D eigenvalue weighted by molar-refractivity contribution is 6.21. The van der Waals surface area contributed by atoms with Crippen LogP contribution in [-0.4, -0.2) is 11.7 Å². The van der Waals surface area contributed by atoms with Gasteiger partial charge in [0.2, 0.25) is 0 Å². The Morgan fingerprint density at radius 1 is 1.50 bits per heavy atom. The molecule has 1 rings (SSSR count). The Balaban J connectivity index is 2.60. The predicted molar refractivity (Wildman–Crippen MR) is 42.2 cm³/mol. The van der Waals surface area contributed by atoms with Gasteiger partial charge in [0.15, 0.2) is 0 Å². The van der Waals surface area contributed by atoms with Gasteiger partial charge in [-0.05, 0) is 18.3 Å². The summed E-state index contributed by atoms with van der Waals surface area (Å²) in [4.78, 5) is 10.4. The van der Waals surface area contributed by atoms with Crippen molar-refractivity contribution in [1.29, 1.82) is 0 Å². The Labute approximate surface area is 66.8 Å². The fourth-order valence-electron chi connectivity index (χ4n) is 1.66. The molecule has 0 heterocycles. The summed E-state index contributed by atoms with van der Waals surface area (Å²) in [5.41, 5.74) is 0.276. The van der Waals surface area contributed by atoms with E-state index in [9.17, 15) is 4.79 Å². The van der Waals surface area contributed by atoms with Crippen LogP contribution in [0.2, 0.25) is 0 Å². The SMILES string of the molecule is CC1(C)CC(Cl)C(C=O)C1. The molecule has 0 spiro atoms. The van der Waals surface area contributed by atoms with Crippen molar-refractivity contribution < 1.29 is 4.79 Å². The fraction of sp³-hybridized carbons (Fsp3) is 0.875. The third kappa shape index (κ3) is 1.51. The molecule has 1 fully saturated rings. The topological polar surface area (TPSA) is 17.1 Å². The number of hydrogen-bond acceptors (Lipinski definition) is 1. The minimum Gasteiger partial charge on any atom is -0.303 e. The first kappa shape index (κ1) is 8.06. The van der Waals surface area contributed by atoms with Gasteiger partial charge in [-0.1, -0.05) is 13.8 Å². The van der Waals surface area contributed by atoms with Gasteiger partial charge in [0, 0.05) is 11.3 Å². The number of rotatable bonds is 1. The fourth-order valence-corrected chi connectivity index (χ4v) is 2.23. The molecule has 1 aliphatic rings. The van der Waals surface area contributed by atoms with Crippen LogP contribution >= 0.6 is 11.6 Å². The second kappa shape index (κ2) is 2.54. The van der Waals surface area contributed by atoms with Crippen molar-refractivity contribution >= 4 is 17.9 Å². The number of carbonyl (C=O) groups excluding carboxylic acids is 1. The molecule has 0 amide bonds. The van der Waals surface area contributed by atoms with Gasteiger partial charge in [-0.2, -0.15) is 0 Å². The van der Waals surface area contributed by atoms with E-state index >= 15 is 0 Å². The third-order valence-electron chi connectivity index (χ3n) is 2.18. The summed E-state index contributed by atoms with van der Waals surface area (Å²) >= 11 is 5.93. The van der Waals surface area contributed by atoms with Gasteiger partial charge in [-0.25, -0.2) is 0 Å². The number of aldehydes is 1. The first-order valence-corrected chi connectivity index (χ1v) is 4.08. The molecular weight excluding hydrogens is 148 g/mol. The van der Waals surface area contributed by atoms with Crippen LogP contribution in [0.4, 0.5) is 0 Å². The highest BCUT2D eigenvalue weighted by Gasteiger charge is 2.37. The number of alkyl halides is 1. The standard InChI is InChI=1S/C8H13ClO/c1-8(2)3-6(5-10)7(9)4-8/h5-7H,3-4H2,1-2H3. The van der Waals surface area contributed by atoms with Crippen LogP contribution < -0.4 is 0 Å². The van der Waals surface area contributed by atoms with Crippen molar-refractivity contribution in [2.24, 2.45) is 11.3 Å². The average molecular weight is 161 g/mol. The van der Waals surface area contributed by atoms with E-state index in [1.165, 1.54) is 0 Å². The molecule has 58 valence electrons. The predicted octanol–water partition coefficient (Wildman–Crippen LogP) is 2.23. The zero-order valence-corrected chi connectivity index (χ0v) is 7.19. The molecule has 0 aliphatic heterocycles. The van der Waals surface area contributed by atoms with E-state index in [1.54, 1.807) is 0 Å². The molecule has 2 unspecified atom stereocenters. The number of carbonyl (C=O) groups is 1. The minimum atomic E-state index is 0.0764. The van der Waals surface area contributed by atoms with Gasteiger partial charge in [0.05, 0.1) is 0 Å². The Morgan fingerprint density at radius 2 is 2.10 bits per heavy atom. The normalized spacial score (nSPS) is 37.9. The van der Waals surface area contributed by atoms with Gasteiger partial charge in [0.25, 0.3) is 0 Å². The lowest BCUT2D eigenvalue weighted by molar-refractivity contribution is -0.111. The summed E-state index contributed by atoms with van der Waals surface area (Å²) in [6, 6.07) is 0. The maximum Gasteiger partial charge on any atom is 0.124 e. The quantitative estimate of drug-likeness (QED) is 0.425. The third-order valence-corrected chi connectivity index (χ3v) is 2.65. The zero-order valence-electron chi connectivity index (χ0n) is 6.43. The van der Waals surface area contributed by atoms with Crippen molar-refractivity contribution in [3.8, 4) is 0 Å². The lowest BCUT2D eigenvalue weighted by Crippen LogP contribution is -2.07. The highest BCUT2D eigenvalue weighted by atomic mass is 35.5. The van der Waals surface area contributed by atoms with E-state index in [0.29, 0.717) is 0 Å². The Morgan fingerprint density at radius 3 is 2.30 bits per heavy atom. The first-order chi connectivity index (χ1) is 4.55. The molecule has 2 heteroatoms. The molecule has 2 atom stereocenters. The van der Waals surface area contributed by atoms with Crippen molar-refractivity contribution in [3.05, 3.63) is 0 Å². The molecular formula is C8H13ClO. The Kier molecular flexibility index (Phi) is 2.04. The van der Waals surface area contributed by atoms with E-state index in [0.717, 1.165) is 19.1 Å². The highest BCUT2D eigenvalue weighted by Crippen LogP contribution is 2.42. The second-order valence-corrected chi connectivity index (χ2v) is 4.45. The van der Waals surface area contributed by atoms with E-state index in [-0.39, 0.29) is 16.7 Å². The monoisotopic (exact) mass is 160 g/mol. The summed E-state index contributed by atoms with van der Waals surface area (Å²) in [7, 11) is 0. The molecule has 1 aliphatic carbocycles. The summed E-state index contributed by atoms with van der Waals surface area (Å²) in [5, 5.41) is 0.0764. The zero-order chi connectivity index (χ0) is 7.78. The molecule has 10 heavy (non-hydrogen) atoms. The maximum absolute atomic E-state index is 10.4. The van der Waals surface area contributed by atoms with Crippen LogP contribution in [0.25, 0.3) is 0 Å². The lowest BCUT2D eigenvalue weighted by atomic mass is 9.91. The van der Waals surface area contributed by atoms with Crippen LogP contribution in [0.15, 0.2) is 0 Å². The van der Waals surface area contributed by atoms with Gasteiger partial charge < -0.3 is 4.79 Å². The molecule has 0 bridgehead atoms. The van der Waals surface area contributed by atoms with Gasteiger partial charge in [-0.3, -0.25) is 0 Å². The lowest BCUT2D eigenvalue weighted by Gasteiger charge is -2.14. The van der Waals surface area contributed by atoms with Gasteiger partial charge in [-0.15, -0.1) is 11.6 Å². The summed E-state index contributed by atoms with van der Waals surface area (Å²) < 4.78 is 0. The van der Waals surface area contributed by atoms with Crippen LogP contribution in [0, 0.1) is 11.3 Å². The van der Waals surface area contributed by atoms with E-state index in [1.807, 2.05) is 0 Å². The summed E-state index contributed by atoms with van der Waals surface area (Å²) in [6.07, 6.45) is 2.91. The average Bonchev–Trinajstić information content (AvgIpc) is 2.05. The molecule has 0 radical (unpaired) electrons. The van der Waals surface area contributed by atoms with Crippen molar-refractivity contribution in [3.63, 3.8) is 0 Å². The number of halogens is 1. The van der Waals surface area contributed by atoms with Gasteiger partial charge in [0.1, 0.15) is 6.29 Å². The van der Waals surface area contributed by atoms with E-state index < -0.39 is 0 Å². The smallest absolute Gasteiger partial charge is 0.124 e. The Hall–Kier alpha value is -0.0400. The molecule has 0 aromatic heterocycles. The molecule has 0 aromatic rings.